The molecule has 1 aromatic carbocycles. The van der Waals surface area contributed by atoms with E-state index in [9.17, 15) is 4.79 Å². The zero-order chi connectivity index (χ0) is 14.4. The second kappa shape index (κ2) is 6.51. The molecule has 0 bridgehead atoms. The zero-order valence-electron chi connectivity index (χ0n) is 11.4. The highest BCUT2D eigenvalue weighted by Gasteiger charge is 1.99. The largest absolute Gasteiger partial charge is 0.496 e. The number of aryl methyl sites for hydroxylation is 1. The van der Waals surface area contributed by atoms with E-state index in [-0.39, 0.29) is 5.56 Å². The summed E-state index contributed by atoms with van der Waals surface area (Å²) in [6, 6.07) is 8.96. The number of H-pyrrole nitrogens is 1. The summed E-state index contributed by atoms with van der Waals surface area (Å²) in [5.74, 6) is 1.04. The molecule has 0 saturated carbocycles. The molecule has 2 N–H and O–H groups in total. The standard InChI is InChI=1S/C14H16N4O2/c1-3-11-8-13(19)17-14(16-11)18-15-9-10-6-4-5-7-12(10)20-2/h4-9H,3H2,1-2H3,(H2,16,17,18,19)/b15-9-. The molecule has 1 heterocycles. The quantitative estimate of drug-likeness (QED) is 0.642. The lowest BCUT2D eigenvalue weighted by Crippen LogP contribution is -2.11. The number of methoxy groups -OCH3 is 1. The minimum Gasteiger partial charge on any atom is -0.496 e. The molecule has 0 fully saturated rings. The maximum atomic E-state index is 11.4. The smallest absolute Gasteiger partial charge is 0.252 e. The summed E-state index contributed by atoms with van der Waals surface area (Å²) in [6.45, 7) is 1.93. The molecule has 0 spiro atoms. The van der Waals surface area contributed by atoms with Crippen LogP contribution in [0.3, 0.4) is 0 Å². The Hall–Kier alpha value is -2.63. The Labute approximate surface area is 116 Å². The van der Waals surface area contributed by atoms with Crippen molar-refractivity contribution in [1.82, 2.24) is 9.97 Å². The number of ether oxygens (including phenoxy) is 1. The number of anilines is 1. The third-order valence-corrected chi connectivity index (χ3v) is 2.67. The van der Waals surface area contributed by atoms with Crippen LogP contribution in [-0.4, -0.2) is 23.3 Å². The lowest BCUT2D eigenvalue weighted by molar-refractivity contribution is 0.414. The molecule has 1 aromatic heterocycles. The van der Waals surface area contributed by atoms with Gasteiger partial charge in [0.15, 0.2) is 0 Å². The molecule has 0 unspecified atom stereocenters. The van der Waals surface area contributed by atoms with Crippen molar-refractivity contribution in [2.45, 2.75) is 13.3 Å². The predicted octanol–water partition coefficient (Wildman–Crippen LogP) is 1.79. The third-order valence-electron chi connectivity index (χ3n) is 2.67. The molecule has 0 radical (unpaired) electrons. The third kappa shape index (κ3) is 3.44. The van der Waals surface area contributed by atoms with E-state index < -0.39 is 0 Å². The molecule has 104 valence electrons. The normalized spacial score (nSPS) is 10.7. The fourth-order valence-corrected chi connectivity index (χ4v) is 1.68. The Morgan fingerprint density at radius 1 is 1.45 bits per heavy atom. The lowest BCUT2D eigenvalue weighted by atomic mass is 10.2. The molecule has 2 aromatic rings. The van der Waals surface area contributed by atoms with Crippen LogP contribution in [0.2, 0.25) is 0 Å². The SMILES string of the molecule is CCc1cc(=O)[nH]c(N/N=C\c2ccccc2OC)n1. The van der Waals surface area contributed by atoms with Crippen LogP contribution < -0.4 is 15.7 Å². The van der Waals surface area contributed by atoms with Crippen LogP contribution in [0.5, 0.6) is 5.75 Å². The average molecular weight is 272 g/mol. The van der Waals surface area contributed by atoms with Gasteiger partial charge in [-0.05, 0) is 18.6 Å². The summed E-state index contributed by atoms with van der Waals surface area (Å²) in [5.41, 5.74) is 4.05. The summed E-state index contributed by atoms with van der Waals surface area (Å²) in [7, 11) is 1.60. The first-order valence-corrected chi connectivity index (χ1v) is 6.25. The number of nitrogens with one attached hydrogen (secondary N) is 2. The molecule has 2 rings (SSSR count). The Morgan fingerprint density at radius 2 is 2.25 bits per heavy atom. The minimum absolute atomic E-state index is 0.202. The summed E-state index contributed by atoms with van der Waals surface area (Å²) in [5, 5.41) is 4.05. The van der Waals surface area contributed by atoms with Crippen LogP contribution in [0, 0.1) is 0 Å². The Balaban J connectivity index is 2.14. The van der Waals surface area contributed by atoms with E-state index >= 15 is 0 Å². The van der Waals surface area contributed by atoms with Gasteiger partial charge < -0.3 is 4.74 Å². The van der Waals surface area contributed by atoms with Crippen LogP contribution in [-0.2, 0) is 6.42 Å². The van der Waals surface area contributed by atoms with Gasteiger partial charge in [0.1, 0.15) is 5.75 Å². The first kappa shape index (κ1) is 13.8. The van der Waals surface area contributed by atoms with Gasteiger partial charge in [0.05, 0.1) is 13.3 Å². The molecule has 0 atom stereocenters. The van der Waals surface area contributed by atoms with E-state index in [0.717, 1.165) is 11.3 Å². The van der Waals surface area contributed by atoms with E-state index in [4.69, 9.17) is 4.74 Å². The molecule has 0 amide bonds. The fraction of sp³-hybridized carbons (Fsp3) is 0.214. The van der Waals surface area contributed by atoms with Gasteiger partial charge in [-0.2, -0.15) is 5.10 Å². The molecule has 0 aliphatic carbocycles. The van der Waals surface area contributed by atoms with E-state index in [1.54, 1.807) is 13.3 Å². The fourth-order valence-electron chi connectivity index (χ4n) is 1.68. The second-order valence-electron chi connectivity index (χ2n) is 4.05. The van der Waals surface area contributed by atoms with Gasteiger partial charge in [0, 0.05) is 17.3 Å². The van der Waals surface area contributed by atoms with Crippen LogP contribution >= 0.6 is 0 Å². The number of aromatic nitrogens is 2. The summed E-state index contributed by atoms with van der Waals surface area (Å²) < 4.78 is 5.21. The minimum atomic E-state index is -0.202. The molecule has 0 saturated heterocycles. The maximum Gasteiger partial charge on any atom is 0.252 e. The van der Waals surface area contributed by atoms with Crippen LogP contribution in [0.15, 0.2) is 40.2 Å². The molecular formula is C14H16N4O2. The molecule has 20 heavy (non-hydrogen) atoms. The van der Waals surface area contributed by atoms with E-state index in [1.807, 2.05) is 31.2 Å². The van der Waals surface area contributed by atoms with Gasteiger partial charge >= 0.3 is 0 Å². The lowest BCUT2D eigenvalue weighted by Gasteiger charge is -2.04. The van der Waals surface area contributed by atoms with Crippen LogP contribution in [0.1, 0.15) is 18.2 Å². The number of hydrogen-bond acceptors (Lipinski definition) is 5. The van der Waals surface area contributed by atoms with Crippen LogP contribution in [0.25, 0.3) is 0 Å². The van der Waals surface area contributed by atoms with Crippen molar-refractivity contribution in [3.05, 3.63) is 51.9 Å². The number of nitrogens with zero attached hydrogens (tertiary/aromatic N) is 2. The number of hydrogen-bond donors (Lipinski definition) is 2. The number of hydrazone groups is 1. The Bertz CT molecular complexity index is 664. The molecule has 6 nitrogen and oxygen atoms in total. The van der Waals surface area contributed by atoms with Crippen molar-refractivity contribution in [2.75, 3.05) is 12.5 Å². The van der Waals surface area contributed by atoms with Gasteiger partial charge in [0.25, 0.3) is 5.56 Å². The number of para-hydroxylation sites is 1. The van der Waals surface area contributed by atoms with Gasteiger partial charge in [-0.1, -0.05) is 19.1 Å². The van der Waals surface area contributed by atoms with Crippen LogP contribution in [0.4, 0.5) is 5.95 Å². The number of aromatic amines is 1. The van der Waals surface area contributed by atoms with Crippen molar-refractivity contribution < 1.29 is 4.74 Å². The average Bonchev–Trinajstić information content (AvgIpc) is 2.47. The predicted molar refractivity (Wildman–Crippen MR) is 78.4 cm³/mol. The molecular weight excluding hydrogens is 256 g/mol. The summed E-state index contributed by atoms with van der Waals surface area (Å²) in [4.78, 5) is 18.2. The maximum absolute atomic E-state index is 11.4. The first-order valence-electron chi connectivity index (χ1n) is 6.25. The van der Waals surface area contributed by atoms with Gasteiger partial charge in [-0.3, -0.25) is 9.78 Å². The highest BCUT2D eigenvalue weighted by molar-refractivity contribution is 5.83. The van der Waals surface area contributed by atoms with Crippen molar-refractivity contribution in [1.29, 1.82) is 0 Å². The van der Waals surface area contributed by atoms with Crippen molar-refractivity contribution in [3.8, 4) is 5.75 Å². The van der Waals surface area contributed by atoms with E-state index in [0.29, 0.717) is 18.1 Å². The second-order valence-corrected chi connectivity index (χ2v) is 4.05. The first-order chi connectivity index (χ1) is 9.72. The topological polar surface area (TPSA) is 79.4 Å². The highest BCUT2D eigenvalue weighted by Crippen LogP contribution is 2.14. The zero-order valence-corrected chi connectivity index (χ0v) is 11.4. The van der Waals surface area contributed by atoms with E-state index in [2.05, 4.69) is 20.5 Å². The van der Waals surface area contributed by atoms with Gasteiger partial charge in [0.2, 0.25) is 5.95 Å². The van der Waals surface area contributed by atoms with Crippen molar-refractivity contribution >= 4 is 12.2 Å². The van der Waals surface area contributed by atoms with Gasteiger partial charge in [-0.25, -0.2) is 10.4 Å². The summed E-state index contributed by atoms with van der Waals surface area (Å²) >= 11 is 0. The molecule has 6 heteroatoms. The Kier molecular flexibility index (Phi) is 4.49. The number of benzene rings is 1. The summed E-state index contributed by atoms with van der Waals surface area (Å²) in [6.07, 6.45) is 2.30. The van der Waals surface area contributed by atoms with E-state index in [1.165, 1.54) is 6.07 Å². The Morgan fingerprint density at radius 3 is 3.00 bits per heavy atom. The monoisotopic (exact) mass is 272 g/mol. The molecule has 0 aliphatic rings. The number of rotatable bonds is 5. The van der Waals surface area contributed by atoms with Crippen molar-refractivity contribution in [2.24, 2.45) is 5.10 Å². The molecule has 0 aliphatic heterocycles. The van der Waals surface area contributed by atoms with Gasteiger partial charge in [-0.15, -0.1) is 0 Å². The highest BCUT2D eigenvalue weighted by atomic mass is 16.5. The van der Waals surface area contributed by atoms with Crippen molar-refractivity contribution in [3.63, 3.8) is 0 Å².